The smallest absolute Gasteiger partial charge is 0.132 e. The van der Waals surface area contributed by atoms with Gasteiger partial charge in [-0.1, -0.05) is 55.1 Å². The van der Waals surface area contributed by atoms with Crippen LogP contribution in [0.25, 0.3) is 53.5 Å². The molecule has 0 aliphatic rings. The maximum absolute atomic E-state index is 14.6. The van der Waals surface area contributed by atoms with Crippen LogP contribution in [0.5, 0.6) is 0 Å². The molecule has 45 heavy (non-hydrogen) atoms. The van der Waals surface area contributed by atoms with Gasteiger partial charge >= 0.3 is 106 Å². The van der Waals surface area contributed by atoms with Gasteiger partial charge in [0.1, 0.15) is 5.82 Å². The predicted octanol–water partition coefficient (Wildman–Crippen LogP) is 10.7. The van der Waals surface area contributed by atoms with Crippen molar-refractivity contribution < 1.29 is 25.9 Å². The predicted molar refractivity (Wildman–Crippen MR) is 189 cm³/mol. The molecule has 7 aromatic rings. The van der Waals surface area contributed by atoms with Crippen LogP contribution >= 0.6 is 11.3 Å². The SMILES string of the molecule is Cc1cc(-c2[c-]cccc2)nc[c]1[Ge]([CH3])([CH3])[CH3].[2H]C(C)(C)c1ccnc(-c2[c-]ccc3c2sc2cc(F)c4ccccc4c23)c1.[Ir]. The van der Waals surface area contributed by atoms with Gasteiger partial charge in [0.15, 0.2) is 0 Å². The van der Waals surface area contributed by atoms with Gasteiger partial charge in [-0.25, -0.2) is 4.39 Å². The van der Waals surface area contributed by atoms with Crippen LogP contribution in [0.2, 0.25) is 17.3 Å². The molecule has 2 nitrogen and oxygen atoms in total. The van der Waals surface area contributed by atoms with Crippen molar-refractivity contribution in [1.82, 2.24) is 9.97 Å². The Morgan fingerprint density at radius 3 is 2.29 bits per heavy atom. The van der Waals surface area contributed by atoms with E-state index < -0.39 is 19.2 Å². The summed E-state index contributed by atoms with van der Waals surface area (Å²) in [7, 11) is 0. The van der Waals surface area contributed by atoms with Crippen molar-refractivity contribution in [2.24, 2.45) is 0 Å². The van der Waals surface area contributed by atoms with Crippen LogP contribution in [0.3, 0.4) is 0 Å². The van der Waals surface area contributed by atoms with Gasteiger partial charge in [-0.05, 0) is 39.2 Å². The van der Waals surface area contributed by atoms with Gasteiger partial charge < -0.3 is 4.98 Å². The molecule has 0 aliphatic heterocycles. The molecular formula is C39H35FGeIrN2S-2. The fourth-order valence-electron chi connectivity index (χ4n) is 5.67. The second-order valence-corrected chi connectivity index (χ2v) is 23.9. The number of aromatic nitrogens is 2. The molecule has 0 saturated heterocycles. The Morgan fingerprint density at radius 1 is 0.844 bits per heavy atom. The summed E-state index contributed by atoms with van der Waals surface area (Å²) in [6.45, 7) is 5.93. The minimum Gasteiger partial charge on any atom is -0.305 e. The number of benzene rings is 4. The topological polar surface area (TPSA) is 25.8 Å². The summed E-state index contributed by atoms with van der Waals surface area (Å²) in [6.07, 6.45) is 3.82. The Morgan fingerprint density at radius 2 is 1.60 bits per heavy atom. The summed E-state index contributed by atoms with van der Waals surface area (Å²) < 4.78 is 26.4. The Hall–Kier alpha value is -3.22. The monoisotopic (exact) mass is 850 g/mol. The quantitative estimate of drug-likeness (QED) is 0.130. The van der Waals surface area contributed by atoms with Gasteiger partial charge in [-0.2, -0.15) is 11.3 Å². The van der Waals surface area contributed by atoms with Crippen molar-refractivity contribution in [3.05, 3.63) is 126 Å². The van der Waals surface area contributed by atoms with Crippen LogP contribution < -0.4 is 4.40 Å². The van der Waals surface area contributed by atoms with E-state index in [4.69, 9.17) is 1.37 Å². The summed E-state index contributed by atoms with van der Waals surface area (Å²) in [6, 6.07) is 33.8. The van der Waals surface area contributed by atoms with Crippen LogP contribution in [-0.4, -0.2) is 23.2 Å². The number of thiophene rings is 1. The first-order chi connectivity index (χ1) is 21.4. The van der Waals surface area contributed by atoms with Crippen molar-refractivity contribution in [2.75, 3.05) is 0 Å². The maximum atomic E-state index is 14.6. The summed E-state index contributed by atoms with van der Waals surface area (Å²) in [5.74, 6) is 6.30. The van der Waals surface area contributed by atoms with Gasteiger partial charge in [0.25, 0.3) is 0 Å². The van der Waals surface area contributed by atoms with Crippen molar-refractivity contribution in [1.29, 1.82) is 0 Å². The van der Waals surface area contributed by atoms with E-state index in [1.165, 1.54) is 9.96 Å². The third-order valence-electron chi connectivity index (χ3n) is 7.89. The van der Waals surface area contributed by atoms with Gasteiger partial charge in [0.2, 0.25) is 0 Å². The largest absolute Gasteiger partial charge is 0.305 e. The summed E-state index contributed by atoms with van der Waals surface area (Å²) in [4.78, 5) is 9.13. The van der Waals surface area contributed by atoms with Gasteiger partial charge in [-0.3, -0.25) is 0 Å². The summed E-state index contributed by atoms with van der Waals surface area (Å²) >= 11 is -0.205. The van der Waals surface area contributed by atoms with E-state index in [1.807, 2.05) is 80.6 Å². The maximum Gasteiger partial charge on any atom is 0.132 e. The average Bonchev–Trinajstić information content (AvgIpc) is 3.39. The second kappa shape index (κ2) is 13.6. The first-order valence-corrected chi connectivity index (χ1v) is 22.9. The molecular weight excluding hydrogens is 812 g/mol. The normalized spacial score (nSPS) is 12.0. The number of fused-ring (bicyclic) bond motifs is 5. The minimum absolute atomic E-state index is 0. The zero-order valence-electron chi connectivity index (χ0n) is 27.3. The summed E-state index contributed by atoms with van der Waals surface area (Å²) in [5, 5.41) is 3.72. The van der Waals surface area contributed by atoms with Crippen molar-refractivity contribution in [3.63, 3.8) is 0 Å². The van der Waals surface area contributed by atoms with Crippen LogP contribution in [0.15, 0.2) is 97.3 Å². The third-order valence-corrected chi connectivity index (χ3v) is 13.5. The zero-order valence-corrected chi connectivity index (χ0v) is 31.6. The fraction of sp³-hybridized carbons (Fsp3) is 0.179. The van der Waals surface area contributed by atoms with E-state index in [0.29, 0.717) is 5.39 Å². The first kappa shape index (κ1) is 31.8. The third kappa shape index (κ3) is 6.83. The molecule has 3 heterocycles. The molecule has 4 aromatic carbocycles. The Labute approximate surface area is 286 Å². The molecule has 0 bridgehead atoms. The van der Waals surface area contributed by atoms with E-state index in [9.17, 15) is 4.39 Å². The van der Waals surface area contributed by atoms with Crippen molar-refractivity contribution >= 4 is 59.9 Å². The molecule has 0 saturated carbocycles. The van der Waals surface area contributed by atoms with Gasteiger partial charge in [0.05, 0.1) is 0 Å². The standard InChI is InChI=1S/C24H17FNS.C15H18GeN.Ir/c1-14(2)15-10-11-26-21(12-15)18-8-5-9-19-23-17-7-4-3-6-16(17)20(25)13-22(23)27-24(18)19;1-12-10-15(13-8-6-5-7-9-13)17-11-14(12)16(2,3)4;/h3-7,9-14H,1-2H3;5-8,10-11H,1-4H3;/q2*-1;/i14D;;. The summed E-state index contributed by atoms with van der Waals surface area (Å²) in [5.41, 5.74) is 6.07. The number of hydrogen-bond donors (Lipinski definition) is 0. The Bertz CT molecular complexity index is 2170. The number of nitrogens with zero attached hydrogens (tertiary/aromatic N) is 2. The van der Waals surface area contributed by atoms with Gasteiger partial charge in [0, 0.05) is 37.8 Å². The number of halogens is 1. The number of rotatable bonds is 4. The van der Waals surface area contributed by atoms with E-state index in [0.717, 1.165) is 53.6 Å². The molecule has 3 aromatic heterocycles. The van der Waals surface area contributed by atoms with E-state index >= 15 is 0 Å². The Balaban J connectivity index is 0.000000200. The van der Waals surface area contributed by atoms with E-state index in [2.05, 4.69) is 64.6 Å². The molecule has 6 heteroatoms. The number of hydrogen-bond acceptors (Lipinski definition) is 3. The fourth-order valence-corrected chi connectivity index (χ4v) is 10.5. The molecule has 1 radical (unpaired) electrons. The molecule has 0 spiro atoms. The second-order valence-electron chi connectivity index (χ2n) is 12.3. The Kier molecular flexibility index (Phi) is 9.63. The van der Waals surface area contributed by atoms with Gasteiger partial charge in [-0.15, -0.1) is 23.8 Å². The van der Waals surface area contributed by atoms with Crippen LogP contribution in [0, 0.1) is 24.9 Å². The zero-order chi connectivity index (χ0) is 31.9. The van der Waals surface area contributed by atoms with E-state index in [-0.39, 0.29) is 25.9 Å². The number of aryl methyl sites for hydroxylation is 1. The molecule has 7 rings (SSSR count). The molecule has 0 N–H and O–H groups in total. The van der Waals surface area contributed by atoms with Crippen molar-refractivity contribution in [3.8, 4) is 22.5 Å². The van der Waals surface area contributed by atoms with Crippen LogP contribution in [0.1, 0.15) is 32.2 Å². The first-order valence-electron chi connectivity index (χ1n) is 15.3. The molecule has 0 unspecified atom stereocenters. The average molecular weight is 849 g/mol. The molecule has 229 valence electrons. The molecule has 0 aliphatic carbocycles. The molecule has 0 fully saturated rings. The van der Waals surface area contributed by atoms with Crippen LogP contribution in [0.4, 0.5) is 4.39 Å². The van der Waals surface area contributed by atoms with Crippen LogP contribution in [-0.2, 0) is 20.1 Å². The minimum atomic E-state index is -1.77. The number of pyridine rings is 2. The molecule has 0 amide bonds. The molecule has 0 atom stereocenters. The van der Waals surface area contributed by atoms with E-state index in [1.54, 1.807) is 23.6 Å². The van der Waals surface area contributed by atoms with Crippen molar-refractivity contribution in [2.45, 2.75) is 43.9 Å².